The number of benzene rings is 1. The minimum absolute atomic E-state index is 0.371. The predicted molar refractivity (Wildman–Crippen MR) is 85.9 cm³/mol. The number of anilines is 1. The van der Waals surface area contributed by atoms with Crippen LogP contribution in [0, 0.1) is 6.92 Å². The van der Waals surface area contributed by atoms with Crippen LogP contribution < -0.4 is 10.1 Å². The summed E-state index contributed by atoms with van der Waals surface area (Å²) >= 11 is 1.59. The zero-order valence-corrected chi connectivity index (χ0v) is 13.4. The van der Waals surface area contributed by atoms with Crippen LogP contribution in [0.2, 0.25) is 0 Å². The smallest absolute Gasteiger partial charge is 0.322 e. The van der Waals surface area contributed by atoms with E-state index in [1.807, 2.05) is 26.0 Å². The van der Waals surface area contributed by atoms with Crippen molar-refractivity contribution < 1.29 is 4.74 Å². The molecule has 21 heavy (non-hydrogen) atoms. The van der Waals surface area contributed by atoms with E-state index in [4.69, 9.17) is 4.74 Å². The van der Waals surface area contributed by atoms with Gasteiger partial charge >= 0.3 is 6.01 Å². The van der Waals surface area contributed by atoms with E-state index >= 15 is 0 Å². The molecule has 1 aromatic carbocycles. The molecule has 1 N–H and O–H groups in total. The molecule has 0 saturated heterocycles. The summed E-state index contributed by atoms with van der Waals surface area (Å²) in [6.07, 6.45) is 0. The van der Waals surface area contributed by atoms with Crippen LogP contribution in [-0.2, 0) is 5.75 Å². The van der Waals surface area contributed by atoms with Gasteiger partial charge in [-0.1, -0.05) is 36.0 Å². The third-order valence-corrected chi connectivity index (χ3v) is 3.72. The minimum atomic E-state index is 0.371. The normalized spacial score (nSPS) is 10.4. The van der Waals surface area contributed by atoms with Gasteiger partial charge in [0.15, 0.2) is 5.16 Å². The van der Waals surface area contributed by atoms with Crippen molar-refractivity contribution in [1.29, 1.82) is 0 Å². The average molecular weight is 304 g/mol. The van der Waals surface area contributed by atoms with Crippen molar-refractivity contribution in [3.8, 4) is 6.01 Å². The predicted octanol–water partition coefficient (Wildman–Crippen LogP) is 3.30. The second-order valence-corrected chi connectivity index (χ2v) is 5.35. The van der Waals surface area contributed by atoms with Crippen LogP contribution in [0.5, 0.6) is 6.01 Å². The Morgan fingerprint density at radius 1 is 1.14 bits per heavy atom. The summed E-state index contributed by atoms with van der Waals surface area (Å²) < 4.78 is 5.39. The van der Waals surface area contributed by atoms with Gasteiger partial charge in [0, 0.05) is 12.3 Å². The highest BCUT2D eigenvalue weighted by molar-refractivity contribution is 7.98. The van der Waals surface area contributed by atoms with Gasteiger partial charge < -0.3 is 10.1 Å². The second-order valence-electron chi connectivity index (χ2n) is 4.40. The standard InChI is InChI=1S/C15H20N4OS/c1-4-16-13-17-14(20-5-2)19-15(18-13)21-10-12-9-7-6-8-11(12)3/h6-9H,4-5,10H2,1-3H3,(H,16,17,18,19). The molecule has 0 saturated carbocycles. The Bertz CT molecular complexity index is 567. The van der Waals surface area contributed by atoms with Crippen molar-refractivity contribution in [2.24, 2.45) is 0 Å². The van der Waals surface area contributed by atoms with E-state index in [9.17, 15) is 0 Å². The Morgan fingerprint density at radius 2 is 1.95 bits per heavy atom. The number of thioether (sulfide) groups is 1. The van der Waals surface area contributed by atoms with E-state index in [0.29, 0.717) is 23.7 Å². The largest absolute Gasteiger partial charge is 0.464 e. The van der Waals surface area contributed by atoms with Crippen LogP contribution in [0.4, 0.5) is 5.95 Å². The average Bonchev–Trinajstić information content (AvgIpc) is 2.47. The first-order chi connectivity index (χ1) is 10.2. The van der Waals surface area contributed by atoms with Gasteiger partial charge in [-0.2, -0.15) is 15.0 Å². The highest BCUT2D eigenvalue weighted by Crippen LogP contribution is 2.23. The summed E-state index contributed by atoms with van der Waals surface area (Å²) in [7, 11) is 0. The van der Waals surface area contributed by atoms with Crippen molar-refractivity contribution in [3.05, 3.63) is 35.4 Å². The zero-order chi connectivity index (χ0) is 15.1. The molecule has 0 aliphatic carbocycles. The highest BCUT2D eigenvalue weighted by Gasteiger charge is 2.08. The van der Waals surface area contributed by atoms with E-state index < -0.39 is 0 Å². The number of aromatic nitrogens is 3. The lowest BCUT2D eigenvalue weighted by Crippen LogP contribution is -2.07. The Balaban J connectivity index is 2.13. The maximum atomic E-state index is 5.39. The van der Waals surface area contributed by atoms with Gasteiger partial charge in [-0.3, -0.25) is 0 Å². The quantitative estimate of drug-likeness (QED) is 0.792. The maximum absolute atomic E-state index is 5.39. The summed E-state index contributed by atoms with van der Waals surface area (Å²) in [5.41, 5.74) is 2.56. The molecule has 0 bridgehead atoms. The summed E-state index contributed by atoms with van der Waals surface area (Å²) in [5.74, 6) is 1.39. The molecule has 0 aliphatic heterocycles. The van der Waals surface area contributed by atoms with Crippen molar-refractivity contribution in [2.75, 3.05) is 18.5 Å². The number of hydrogen-bond acceptors (Lipinski definition) is 6. The number of hydrogen-bond donors (Lipinski definition) is 1. The van der Waals surface area contributed by atoms with Crippen molar-refractivity contribution >= 4 is 17.7 Å². The Kier molecular flexibility index (Phi) is 5.80. The van der Waals surface area contributed by atoms with Gasteiger partial charge in [-0.05, 0) is 31.9 Å². The number of nitrogens with zero attached hydrogens (tertiary/aromatic N) is 3. The van der Waals surface area contributed by atoms with Crippen LogP contribution in [0.25, 0.3) is 0 Å². The third kappa shape index (κ3) is 4.60. The number of nitrogens with one attached hydrogen (secondary N) is 1. The van der Waals surface area contributed by atoms with Gasteiger partial charge in [-0.25, -0.2) is 0 Å². The van der Waals surface area contributed by atoms with Crippen molar-refractivity contribution in [3.63, 3.8) is 0 Å². The third-order valence-electron chi connectivity index (χ3n) is 2.82. The van der Waals surface area contributed by atoms with Crippen LogP contribution in [0.15, 0.2) is 29.4 Å². The lowest BCUT2D eigenvalue weighted by molar-refractivity contribution is 0.308. The number of aryl methyl sites for hydroxylation is 1. The fourth-order valence-electron chi connectivity index (χ4n) is 1.75. The van der Waals surface area contributed by atoms with Gasteiger partial charge in [0.2, 0.25) is 5.95 Å². The van der Waals surface area contributed by atoms with E-state index in [1.165, 1.54) is 11.1 Å². The Hall–Kier alpha value is -1.82. The molecule has 2 rings (SSSR count). The fourth-order valence-corrected chi connectivity index (χ4v) is 2.65. The Labute approximate surface area is 129 Å². The van der Waals surface area contributed by atoms with Gasteiger partial charge in [-0.15, -0.1) is 0 Å². The van der Waals surface area contributed by atoms with E-state index in [2.05, 4.69) is 39.3 Å². The first-order valence-corrected chi connectivity index (χ1v) is 8.01. The first kappa shape index (κ1) is 15.6. The van der Waals surface area contributed by atoms with Crippen molar-refractivity contribution in [1.82, 2.24) is 15.0 Å². The summed E-state index contributed by atoms with van der Waals surface area (Å²) in [6, 6.07) is 8.70. The molecule has 0 amide bonds. The molecule has 112 valence electrons. The van der Waals surface area contributed by atoms with Crippen LogP contribution >= 0.6 is 11.8 Å². The fraction of sp³-hybridized carbons (Fsp3) is 0.400. The Morgan fingerprint density at radius 3 is 2.67 bits per heavy atom. The molecule has 5 nitrogen and oxygen atoms in total. The molecule has 0 atom stereocenters. The van der Waals surface area contributed by atoms with Gasteiger partial charge in [0.05, 0.1) is 6.61 Å². The van der Waals surface area contributed by atoms with Gasteiger partial charge in [0.1, 0.15) is 0 Å². The lowest BCUT2D eigenvalue weighted by Gasteiger charge is -2.08. The molecule has 6 heteroatoms. The first-order valence-electron chi connectivity index (χ1n) is 7.03. The van der Waals surface area contributed by atoms with Gasteiger partial charge in [0.25, 0.3) is 0 Å². The molecule has 0 spiro atoms. The molecule has 0 aliphatic rings. The molecule has 0 fully saturated rings. The minimum Gasteiger partial charge on any atom is -0.464 e. The molecule has 2 aromatic rings. The van der Waals surface area contributed by atoms with Crippen molar-refractivity contribution in [2.45, 2.75) is 31.7 Å². The van der Waals surface area contributed by atoms with E-state index in [0.717, 1.165) is 12.3 Å². The highest BCUT2D eigenvalue weighted by atomic mass is 32.2. The molecular formula is C15H20N4OS. The lowest BCUT2D eigenvalue weighted by atomic mass is 10.1. The SMILES string of the molecule is CCNc1nc(OCC)nc(SCc2ccccc2C)n1. The number of ether oxygens (including phenoxy) is 1. The molecular weight excluding hydrogens is 284 g/mol. The summed E-state index contributed by atoms with van der Waals surface area (Å²) in [4.78, 5) is 12.9. The van der Waals surface area contributed by atoms with E-state index in [1.54, 1.807) is 11.8 Å². The molecule has 1 heterocycles. The zero-order valence-electron chi connectivity index (χ0n) is 12.6. The second kappa shape index (κ2) is 7.83. The van der Waals surface area contributed by atoms with Crippen LogP contribution in [0.1, 0.15) is 25.0 Å². The summed E-state index contributed by atoms with van der Waals surface area (Å²) in [5, 5.41) is 3.77. The molecule has 0 radical (unpaired) electrons. The topological polar surface area (TPSA) is 59.9 Å². The summed E-state index contributed by atoms with van der Waals surface area (Å²) in [6.45, 7) is 7.33. The van der Waals surface area contributed by atoms with Crippen LogP contribution in [0.3, 0.4) is 0 Å². The van der Waals surface area contributed by atoms with E-state index in [-0.39, 0.29) is 0 Å². The number of rotatable bonds is 7. The van der Waals surface area contributed by atoms with Crippen LogP contribution in [-0.4, -0.2) is 28.1 Å². The maximum Gasteiger partial charge on any atom is 0.322 e. The molecule has 1 aromatic heterocycles. The molecule has 0 unspecified atom stereocenters. The monoisotopic (exact) mass is 304 g/mol.